The SMILES string of the molecule is CC1(C)CN(CCCC2(C#N)CCOCC2)CC1c1ccccc1. The highest BCUT2D eigenvalue weighted by molar-refractivity contribution is 5.24. The number of nitriles is 1. The van der Waals surface area contributed by atoms with E-state index < -0.39 is 0 Å². The summed E-state index contributed by atoms with van der Waals surface area (Å²) in [5.41, 5.74) is 1.64. The highest BCUT2D eigenvalue weighted by atomic mass is 16.5. The second-order valence-electron chi connectivity index (χ2n) is 8.30. The van der Waals surface area contributed by atoms with Crippen molar-refractivity contribution in [2.24, 2.45) is 10.8 Å². The van der Waals surface area contributed by atoms with Crippen LogP contribution < -0.4 is 0 Å². The van der Waals surface area contributed by atoms with Gasteiger partial charge in [-0.15, -0.1) is 0 Å². The van der Waals surface area contributed by atoms with E-state index in [1.54, 1.807) is 0 Å². The molecule has 1 aromatic rings. The first-order chi connectivity index (χ1) is 11.5. The van der Waals surface area contributed by atoms with Crippen molar-refractivity contribution in [3.8, 4) is 6.07 Å². The van der Waals surface area contributed by atoms with Gasteiger partial charge in [0.05, 0.1) is 11.5 Å². The molecule has 2 saturated heterocycles. The Bertz CT molecular complexity index is 569. The van der Waals surface area contributed by atoms with Crippen molar-refractivity contribution in [3.63, 3.8) is 0 Å². The third-order valence-electron chi connectivity index (χ3n) is 6.03. The number of ether oxygens (including phenoxy) is 1. The van der Waals surface area contributed by atoms with Crippen LogP contribution in [0.4, 0.5) is 0 Å². The molecule has 130 valence electrons. The van der Waals surface area contributed by atoms with Gasteiger partial charge in [-0.05, 0) is 43.2 Å². The predicted molar refractivity (Wildman–Crippen MR) is 96.7 cm³/mol. The number of likely N-dealkylation sites (tertiary alicyclic amines) is 1. The highest BCUT2D eigenvalue weighted by Gasteiger charge is 2.40. The van der Waals surface area contributed by atoms with Gasteiger partial charge in [0.15, 0.2) is 0 Å². The summed E-state index contributed by atoms with van der Waals surface area (Å²) < 4.78 is 5.44. The van der Waals surface area contributed by atoms with Crippen molar-refractivity contribution in [1.82, 2.24) is 4.90 Å². The Labute approximate surface area is 146 Å². The van der Waals surface area contributed by atoms with Gasteiger partial charge in [-0.25, -0.2) is 0 Å². The van der Waals surface area contributed by atoms with Gasteiger partial charge in [0.25, 0.3) is 0 Å². The van der Waals surface area contributed by atoms with Gasteiger partial charge in [-0.3, -0.25) is 0 Å². The summed E-state index contributed by atoms with van der Waals surface area (Å²) in [6.07, 6.45) is 3.94. The monoisotopic (exact) mass is 326 g/mol. The van der Waals surface area contributed by atoms with Crippen LogP contribution in [0.1, 0.15) is 51.0 Å². The minimum Gasteiger partial charge on any atom is -0.381 e. The van der Waals surface area contributed by atoms with Crippen molar-refractivity contribution >= 4 is 0 Å². The van der Waals surface area contributed by atoms with E-state index in [1.165, 1.54) is 5.56 Å². The quantitative estimate of drug-likeness (QED) is 0.813. The van der Waals surface area contributed by atoms with Crippen LogP contribution in [0.2, 0.25) is 0 Å². The van der Waals surface area contributed by atoms with Crippen molar-refractivity contribution < 1.29 is 4.74 Å². The molecule has 2 aliphatic heterocycles. The summed E-state index contributed by atoms with van der Waals surface area (Å²) in [5, 5.41) is 9.59. The van der Waals surface area contributed by atoms with Crippen molar-refractivity contribution in [1.29, 1.82) is 5.26 Å². The molecular formula is C21H30N2O. The zero-order chi connectivity index (χ0) is 17.0. The lowest BCUT2D eigenvalue weighted by Gasteiger charge is -2.31. The minimum absolute atomic E-state index is 0.133. The second kappa shape index (κ2) is 7.25. The lowest BCUT2D eigenvalue weighted by atomic mass is 9.78. The van der Waals surface area contributed by atoms with Crippen LogP contribution >= 0.6 is 0 Å². The number of hydrogen-bond acceptors (Lipinski definition) is 3. The smallest absolute Gasteiger partial charge is 0.0691 e. The van der Waals surface area contributed by atoms with Crippen LogP contribution in [0, 0.1) is 22.2 Å². The van der Waals surface area contributed by atoms with Gasteiger partial charge < -0.3 is 9.64 Å². The number of benzene rings is 1. The van der Waals surface area contributed by atoms with E-state index in [0.717, 1.165) is 58.5 Å². The average Bonchev–Trinajstić information content (AvgIpc) is 2.91. The maximum absolute atomic E-state index is 9.59. The molecule has 0 aliphatic carbocycles. The molecule has 0 saturated carbocycles. The average molecular weight is 326 g/mol. The van der Waals surface area contributed by atoms with Crippen LogP contribution in [0.15, 0.2) is 30.3 Å². The number of rotatable bonds is 5. The minimum atomic E-state index is -0.133. The molecule has 3 rings (SSSR count). The van der Waals surface area contributed by atoms with Crippen molar-refractivity contribution in [2.45, 2.75) is 45.4 Å². The lowest BCUT2D eigenvalue weighted by molar-refractivity contribution is 0.0351. The van der Waals surface area contributed by atoms with Crippen LogP contribution in [-0.4, -0.2) is 37.7 Å². The first-order valence-corrected chi connectivity index (χ1v) is 9.31. The second-order valence-corrected chi connectivity index (χ2v) is 8.30. The largest absolute Gasteiger partial charge is 0.381 e. The molecule has 0 bridgehead atoms. The van der Waals surface area contributed by atoms with Gasteiger partial charge in [-0.1, -0.05) is 44.2 Å². The zero-order valence-electron chi connectivity index (χ0n) is 15.1. The molecule has 0 N–H and O–H groups in total. The van der Waals surface area contributed by atoms with Gasteiger partial charge >= 0.3 is 0 Å². The predicted octanol–water partition coefficient (Wildman–Crippen LogP) is 4.21. The van der Waals surface area contributed by atoms with E-state index >= 15 is 0 Å². The molecule has 1 aromatic carbocycles. The summed E-state index contributed by atoms with van der Waals surface area (Å²) in [6, 6.07) is 13.5. The standard InChI is InChI=1S/C21H30N2O/c1-20(2)17-23(15-19(20)18-7-4-3-5-8-18)12-6-9-21(16-22)10-13-24-14-11-21/h3-5,7-8,19H,6,9-15,17H2,1-2H3. The zero-order valence-corrected chi connectivity index (χ0v) is 15.1. The maximum Gasteiger partial charge on any atom is 0.0691 e. The third-order valence-corrected chi connectivity index (χ3v) is 6.03. The van der Waals surface area contributed by atoms with E-state index in [4.69, 9.17) is 4.74 Å². The Morgan fingerprint density at radius 3 is 2.58 bits per heavy atom. The highest BCUT2D eigenvalue weighted by Crippen LogP contribution is 2.42. The summed E-state index contributed by atoms with van der Waals surface area (Å²) in [6.45, 7) is 9.67. The van der Waals surface area contributed by atoms with E-state index in [1.807, 2.05) is 0 Å². The van der Waals surface area contributed by atoms with Crippen LogP contribution in [0.3, 0.4) is 0 Å². The van der Waals surface area contributed by atoms with Crippen LogP contribution in [0.5, 0.6) is 0 Å². The maximum atomic E-state index is 9.59. The fourth-order valence-electron chi connectivity index (χ4n) is 4.49. The fourth-order valence-corrected chi connectivity index (χ4v) is 4.49. The summed E-state index contributed by atoms with van der Waals surface area (Å²) in [5.74, 6) is 0.603. The molecule has 0 aromatic heterocycles. The fraction of sp³-hybridized carbons (Fsp3) is 0.667. The first-order valence-electron chi connectivity index (χ1n) is 9.31. The molecular weight excluding hydrogens is 296 g/mol. The molecule has 0 amide bonds. The summed E-state index contributed by atoms with van der Waals surface area (Å²) >= 11 is 0. The van der Waals surface area contributed by atoms with Crippen molar-refractivity contribution in [3.05, 3.63) is 35.9 Å². The molecule has 2 heterocycles. The van der Waals surface area contributed by atoms with Gasteiger partial charge in [-0.2, -0.15) is 5.26 Å². The summed E-state index contributed by atoms with van der Waals surface area (Å²) in [7, 11) is 0. The molecule has 2 aliphatic rings. The van der Waals surface area contributed by atoms with E-state index in [9.17, 15) is 5.26 Å². The van der Waals surface area contributed by atoms with E-state index in [2.05, 4.69) is 55.1 Å². The summed E-state index contributed by atoms with van der Waals surface area (Å²) in [4.78, 5) is 2.60. The molecule has 0 radical (unpaired) electrons. The van der Waals surface area contributed by atoms with E-state index in [-0.39, 0.29) is 5.41 Å². The normalized spacial score (nSPS) is 26.1. The molecule has 3 nitrogen and oxygen atoms in total. The third kappa shape index (κ3) is 3.82. The molecule has 0 spiro atoms. The van der Waals surface area contributed by atoms with E-state index in [0.29, 0.717) is 11.3 Å². The van der Waals surface area contributed by atoms with Crippen LogP contribution in [-0.2, 0) is 4.74 Å². The topological polar surface area (TPSA) is 36.3 Å². The Balaban J connectivity index is 1.55. The van der Waals surface area contributed by atoms with Crippen molar-refractivity contribution in [2.75, 3.05) is 32.8 Å². The van der Waals surface area contributed by atoms with Gasteiger partial charge in [0.2, 0.25) is 0 Å². The molecule has 3 heteroatoms. The Hall–Kier alpha value is -1.37. The lowest BCUT2D eigenvalue weighted by Crippen LogP contribution is -2.30. The molecule has 1 unspecified atom stereocenters. The Morgan fingerprint density at radius 1 is 1.21 bits per heavy atom. The number of nitrogens with zero attached hydrogens (tertiary/aromatic N) is 2. The van der Waals surface area contributed by atoms with Gasteiger partial charge in [0, 0.05) is 32.2 Å². The molecule has 2 fully saturated rings. The molecule has 24 heavy (non-hydrogen) atoms. The Morgan fingerprint density at radius 2 is 1.92 bits per heavy atom. The molecule has 1 atom stereocenters. The van der Waals surface area contributed by atoms with Crippen LogP contribution in [0.25, 0.3) is 0 Å². The first kappa shape index (κ1) is 17.5. The Kier molecular flexibility index (Phi) is 5.27. The van der Waals surface area contributed by atoms with Gasteiger partial charge in [0.1, 0.15) is 0 Å². The number of hydrogen-bond donors (Lipinski definition) is 0.